The van der Waals surface area contributed by atoms with E-state index in [1.807, 2.05) is 0 Å². The number of phenolic OH excluding ortho intramolecular Hbond substituents is 1. The van der Waals surface area contributed by atoms with Crippen LogP contribution in [-0.2, 0) is 6.61 Å². The van der Waals surface area contributed by atoms with Gasteiger partial charge in [0.05, 0.1) is 11.8 Å². The number of fused-ring (bicyclic) bond motifs is 1. The first kappa shape index (κ1) is 13.1. The normalized spacial score (nSPS) is 10.7. The maximum atomic E-state index is 10.9. The number of rotatable bonds is 4. The van der Waals surface area contributed by atoms with Crippen molar-refractivity contribution in [3.63, 3.8) is 0 Å². The summed E-state index contributed by atoms with van der Waals surface area (Å²) in [6, 6.07) is 11.1. The summed E-state index contributed by atoms with van der Waals surface area (Å²) in [6.45, 7) is 0.296. The predicted octanol–water partition coefficient (Wildman–Crippen LogP) is 3.42. The summed E-state index contributed by atoms with van der Waals surface area (Å²) in [6.07, 6.45) is 1.55. The third kappa shape index (κ3) is 2.67. The second-order valence-electron chi connectivity index (χ2n) is 4.56. The van der Waals surface area contributed by atoms with Gasteiger partial charge in [-0.2, -0.15) is 0 Å². The molecule has 0 aliphatic heterocycles. The van der Waals surface area contributed by atoms with Gasteiger partial charge < -0.3 is 19.4 Å². The van der Waals surface area contributed by atoms with Crippen LogP contribution in [0.4, 0.5) is 0 Å². The van der Waals surface area contributed by atoms with Gasteiger partial charge in [0.15, 0.2) is 0 Å². The summed E-state index contributed by atoms with van der Waals surface area (Å²) in [5.74, 6) is -0.184. The zero-order chi connectivity index (χ0) is 14.8. The highest BCUT2D eigenvalue weighted by molar-refractivity contribution is 5.93. The number of hydrogen-bond donors (Lipinski definition) is 2. The van der Waals surface area contributed by atoms with E-state index in [0.29, 0.717) is 17.9 Å². The summed E-state index contributed by atoms with van der Waals surface area (Å²) >= 11 is 0. The fourth-order valence-corrected chi connectivity index (χ4v) is 2.03. The molecule has 1 heterocycles. The second-order valence-corrected chi connectivity index (χ2v) is 4.56. The van der Waals surface area contributed by atoms with E-state index < -0.39 is 5.97 Å². The van der Waals surface area contributed by atoms with Crippen LogP contribution in [0.5, 0.6) is 11.5 Å². The fourth-order valence-electron chi connectivity index (χ4n) is 2.03. The Balaban J connectivity index is 1.81. The Labute approximate surface area is 120 Å². The standard InChI is InChI=1S/C16H12O5/c17-12-2-4-13(5-3-12)20-8-11-9-21-15-7-10(16(18)19)1-6-14(11)15/h1-7,9,17H,8H2,(H,18,19). The van der Waals surface area contributed by atoms with E-state index in [4.69, 9.17) is 14.3 Å². The maximum Gasteiger partial charge on any atom is 0.335 e. The monoisotopic (exact) mass is 284 g/mol. The van der Waals surface area contributed by atoms with Gasteiger partial charge in [-0.05, 0) is 42.5 Å². The number of benzene rings is 2. The Hall–Kier alpha value is -2.95. The molecule has 0 bridgehead atoms. The van der Waals surface area contributed by atoms with Crippen LogP contribution in [0.25, 0.3) is 11.0 Å². The van der Waals surface area contributed by atoms with Gasteiger partial charge in [0.2, 0.25) is 0 Å². The van der Waals surface area contributed by atoms with Crippen LogP contribution in [0, 0.1) is 0 Å². The van der Waals surface area contributed by atoms with Gasteiger partial charge in [-0.1, -0.05) is 0 Å². The van der Waals surface area contributed by atoms with Gasteiger partial charge in [0.1, 0.15) is 23.7 Å². The number of aromatic hydroxyl groups is 1. The van der Waals surface area contributed by atoms with Gasteiger partial charge in [-0.25, -0.2) is 4.79 Å². The molecule has 5 heteroatoms. The molecule has 21 heavy (non-hydrogen) atoms. The smallest absolute Gasteiger partial charge is 0.335 e. The molecule has 0 unspecified atom stereocenters. The van der Waals surface area contributed by atoms with Crippen molar-refractivity contribution in [1.82, 2.24) is 0 Å². The van der Waals surface area contributed by atoms with Crippen LogP contribution >= 0.6 is 0 Å². The molecule has 2 aromatic carbocycles. The second kappa shape index (κ2) is 5.20. The Morgan fingerprint density at radius 3 is 2.62 bits per heavy atom. The van der Waals surface area contributed by atoms with Crippen LogP contribution in [0.2, 0.25) is 0 Å². The van der Waals surface area contributed by atoms with Crippen molar-refractivity contribution in [3.05, 3.63) is 59.9 Å². The van der Waals surface area contributed by atoms with Crippen molar-refractivity contribution in [2.45, 2.75) is 6.61 Å². The Morgan fingerprint density at radius 2 is 1.90 bits per heavy atom. The van der Waals surface area contributed by atoms with Crippen LogP contribution in [0.15, 0.2) is 53.1 Å². The minimum Gasteiger partial charge on any atom is -0.508 e. The summed E-state index contributed by atoms with van der Waals surface area (Å²) in [5, 5.41) is 19.0. The molecular formula is C16H12O5. The minimum absolute atomic E-state index is 0.178. The number of phenols is 1. The topological polar surface area (TPSA) is 79.9 Å². The number of carboxylic acids is 1. The maximum absolute atomic E-state index is 10.9. The summed E-state index contributed by atoms with van der Waals surface area (Å²) in [5.41, 5.74) is 1.53. The SMILES string of the molecule is O=C(O)c1ccc2c(COc3ccc(O)cc3)coc2c1. The van der Waals surface area contributed by atoms with E-state index >= 15 is 0 Å². The van der Waals surface area contributed by atoms with Crippen LogP contribution in [0.1, 0.15) is 15.9 Å². The van der Waals surface area contributed by atoms with Crippen molar-refractivity contribution in [2.75, 3.05) is 0 Å². The summed E-state index contributed by atoms with van der Waals surface area (Å²) < 4.78 is 11.0. The summed E-state index contributed by atoms with van der Waals surface area (Å²) in [7, 11) is 0. The average Bonchev–Trinajstić information content (AvgIpc) is 2.89. The zero-order valence-electron chi connectivity index (χ0n) is 10.9. The molecule has 106 valence electrons. The molecule has 3 rings (SSSR count). The van der Waals surface area contributed by atoms with Crippen LogP contribution < -0.4 is 4.74 Å². The first-order valence-corrected chi connectivity index (χ1v) is 6.29. The highest BCUT2D eigenvalue weighted by atomic mass is 16.5. The molecule has 0 saturated heterocycles. The van der Waals surface area contributed by atoms with Crippen molar-refractivity contribution in [1.29, 1.82) is 0 Å². The predicted molar refractivity (Wildman–Crippen MR) is 75.6 cm³/mol. The van der Waals surface area contributed by atoms with Gasteiger partial charge in [-0.15, -0.1) is 0 Å². The largest absolute Gasteiger partial charge is 0.508 e. The quantitative estimate of drug-likeness (QED) is 0.767. The fraction of sp³-hybridized carbons (Fsp3) is 0.0625. The lowest BCUT2D eigenvalue weighted by molar-refractivity contribution is 0.0697. The van der Waals surface area contributed by atoms with E-state index in [1.54, 1.807) is 36.6 Å². The molecule has 0 fully saturated rings. The Bertz CT molecular complexity index is 786. The van der Waals surface area contributed by atoms with E-state index in [9.17, 15) is 9.90 Å². The average molecular weight is 284 g/mol. The number of hydrogen-bond acceptors (Lipinski definition) is 4. The van der Waals surface area contributed by atoms with E-state index in [1.165, 1.54) is 12.1 Å². The van der Waals surface area contributed by atoms with Gasteiger partial charge in [0, 0.05) is 10.9 Å². The van der Waals surface area contributed by atoms with Crippen molar-refractivity contribution in [3.8, 4) is 11.5 Å². The van der Waals surface area contributed by atoms with Crippen molar-refractivity contribution >= 4 is 16.9 Å². The number of aromatic carboxylic acids is 1. The number of carbonyl (C=O) groups is 1. The highest BCUT2D eigenvalue weighted by Gasteiger charge is 2.10. The molecule has 0 aliphatic carbocycles. The first-order valence-electron chi connectivity index (χ1n) is 6.29. The lowest BCUT2D eigenvalue weighted by atomic mass is 10.1. The van der Waals surface area contributed by atoms with E-state index in [0.717, 1.165) is 10.9 Å². The molecule has 2 N–H and O–H groups in total. The van der Waals surface area contributed by atoms with Crippen molar-refractivity contribution in [2.24, 2.45) is 0 Å². The Morgan fingerprint density at radius 1 is 1.14 bits per heavy atom. The van der Waals surface area contributed by atoms with E-state index in [2.05, 4.69) is 0 Å². The van der Waals surface area contributed by atoms with E-state index in [-0.39, 0.29) is 11.3 Å². The van der Waals surface area contributed by atoms with Gasteiger partial charge >= 0.3 is 5.97 Å². The third-order valence-electron chi connectivity index (χ3n) is 3.13. The number of furan rings is 1. The molecule has 1 aromatic heterocycles. The molecule has 0 amide bonds. The lowest BCUT2D eigenvalue weighted by Gasteiger charge is -2.04. The molecule has 0 radical (unpaired) electrons. The molecule has 5 nitrogen and oxygen atoms in total. The van der Waals surface area contributed by atoms with Crippen LogP contribution in [0.3, 0.4) is 0 Å². The molecular weight excluding hydrogens is 272 g/mol. The highest BCUT2D eigenvalue weighted by Crippen LogP contribution is 2.24. The summed E-state index contributed by atoms with van der Waals surface area (Å²) in [4.78, 5) is 10.9. The minimum atomic E-state index is -0.991. The first-order chi connectivity index (χ1) is 10.1. The van der Waals surface area contributed by atoms with Gasteiger partial charge in [-0.3, -0.25) is 0 Å². The zero-order valence-corrected chi connectivity index (χ0v) is 10.9. The van der Waals surface area contributed by atoms with Crippen LogP contribution in [-0.4, -0.2) is 16.2 Å². The molecule has 0 saturated carbocycles. The Kier molecular flexibility index (Phi) is 3.23. The number of carboxylic acid groups (broad SMARTS) is 1. The molecule has 3 aromatic rings. The molecule has 0 aliphatic rings. The molecule has 0 spiro atoms. The van der Waals surface area contributed by atoms with Crippen molar-refractivity contribution < 1.29 is 24.2 Å². The molecule has 0 atom stereocenters. The number of ether oxygens (including phenoxy) is 1. The lowest BCUT2D eigenvalue weighted by Crippen LogP contribution is -1.96. The third-order valence-corrected chi connectivity index (χ3v) is 3.13. The van der Waals surface area contributed by atoms with Gasteiger partial charge in [0.25, 0.3) is 0 Å².